The van der Waals surface area contributed by atoms with Crippen LogP contribution in [0.15, 0.2) is 71.9 Å². The van der Waals surface area contributed by atoms with Gasteiger partial charge in [-0.3, -0.25) is 9.59 Å². The molecule has 5 heterocycles. The average molecular weight is 536 g/mol. The Balaban J connectivity index is 1.28. The Morgan fingerprint density at radius 3 is 2.83 bits per heavy atom. The first-order valence-electron chi connectivity index (χ1n) is 13.2. The van der Waals surface area contributed by atoms with Crippen molar-refractivity contribution in [2.45, 2.75) is 25.8 Å². The number of halogens is 1. The summed E-state index contributed by atoms with van der Waals surface area (Å²) in [5.74, 6) is 1.06. The summed E-state index contributed by atoms with van der Waals surface area (Å²) in [4.78, 5) is 35.5. The molecule has 1 amide bonds. The lowest BCUT2D eigenvalue weighted by molar-refractivity contribution is -0.115. The van der Waals surface area contributed by atoms with Crippen LogP contribution in [-0.4, -0.2) is 27.0 Å². The molecule has 2 aliphatic heterocycles. The van der Waals surface area contributed by atoms with Gasteiger partial charge in [-0.05, 0) is 65.9 Å². The SMILES string of the molecule is Cn1cc2c3c(c[nH]c(=O)c31)CN(c1ccc(F)cc1)c1ncc(NC(=O)Cc3ccc4c(c3)CCCO4)cc1-2. The second kappa shape index (κ2) is 9.37. The van der Waals surface area contributed by atoms with E-state index in [-0.39, 0.29) is 23.7 Å². The van der Waals surface area contributed by atoms with Gasteiger partial charge in [0.15, 0.2) is 0 Å². The number of carbonyl (C=O) groups excluding carboxylic acids is 1. The predicted molar refractivity (Wildman–Crippen MR) is 152 cm³/mol. The van der Waals surface area contributed by atoms with E-state index in [1.807, 2.05) is 47.0 Å². The number of aromatic nitrogens is 3. The molecule has 0 saturated carbocycles. The van der Waals surface area contributed by atoms with E-state index in [0.29, 0.717) is 23.6 Å². The van der Waals surface area contributed by atoms with E-state index in [1.54, 1.807) is 24.5 Å². The van der Waals surface area contributed by atoms with Crippen LogP contribution in [0.25, 0.3) is 22.0 Å². The Morgan fingerprint density at radius 1 is 1.12 bits per heavy atom. The number of nitrogens with one attached hydrogen (secondary N) is 2. The highest BCUT2D eigenvalue weighted by Gasteiger charge is 2.27. The zero-order valence-electron chi connectivity index (χ0n) is 21.8. The quantitative estimate of drug-likeness (QED) is 0.329. The topological polar surface area (TPSA) is 92.3 Å². The summed E-state index contributed by atoms with van der Waals surface area (Å²) in [5.41, 5.74) is 6.26. The predicted octanol–water partition coefficient (Wildman–Crippen LogP) is 5.23. The van der Waals surface area contributed by atoms with Crippen molar-refractivity contribution in [3.8, 4) is 16.9 Å². The summed E-state index contributed by atoms with van der Waals surface area (Å²) in [6.45, 7) is 1.15. The molecule has 9 heteroatoms. The van der Waals surface area contributed by atoms with Crippen LogP contribution in [0.3, 0.4) is 0 Å². The molecular formula is C31H26FN5O3. The number of carbonyl (C=O) groups is 1. The minimum atomic E-state index is -0.327. The molecule has 0 bridgehead atoms. The number of aromatic amines is 1. The number of aryl methyl sites for hydroxylation is 2. The molecule has 2 aliphatic rings. The van der Waals surface area contributed by atoms with Gasteiger partial charge in [-0.25, -0.2) is 9.37 Å². The van der Waals surface area contributed by atoms with Gasteiger partial charge >= 0.3 is 0 Å². The highest BCUT2D eigenvalue weighted by molar-refractivity contribution is 6.03. The molecule has 3 aromatic heterocycles. The lowest BCUT2D eigenvalue weighted by Gasteiger charge is -2.25. The van der Waals surface area contributed by atoms with E-state index in [1.165, 1.54) is 12.1 Å². The smallest absolute Gasteiger partial charge is 0.272 e. The number of nitrogens with zero attached hydrogens (tertiary/aromatic N) is 3. The van der Waals surface area contributed by atoms with Crippen molar-refractivity contribution < 1.29 is 13.9 Å². The van der Waals surface area contributed by atoms with Crippen molar-refractivity contribution in [3.63, 3.8) is 0 Å². The Hall–Kier alpha value is -4.92. The zero-order valence-corrected chi connectivity index (χ0v) is 21.8. The first-order chi connectivity index (χ1) is 19.4. The molecule has 7 rings (SSSR count). The largest absolute Gasteiger partial charge is 0.493 e. The van der Waals surface area contributed by atoms with E-state index in [9.17, 15) is 14.0 Å². The van der Waals surface area contributed by atoms with Gasteiger partial charge in [0.25, 0.3) is 5.56 Å². The molecule has 0 spiro atoms. The van der Waals surface area contributed by atoms with Crippen molar-refractivity contribution in [1.29, 1.82) is 0 Å². The molecule has 0 radical (unpaired) electrons. The fourth-order valence-electron chi connectivity index (χ4n) is 5.78. The molecule has 5 aromatic rings. The maximum absolute atomic E-state index is 13.8. The van der Waals surface area contributed by atoms with Crippen molar-refractivity contribution in [2.75, 3.05) is 16.8 Å². The van der Waals surface area contributed by atoms with Crippen LogP contribution in [-0.2, 0) is 31.2 Å². The normalized spacial score (nSPS) is 13.8. The second-order valence-electron chi connectivity index (χ2n) is 10.3. The van der Waals surface area contributed by atoms with E-state index >= 15 is 0 Å². The number of hydrogen-bond donors (Lipinski definition) is 2. The Kier molecular flexibility index (Phi) is 5.66. The summed E-state index contributed by atoms with van der Waals surface area (Å²) >= 11 is 0. The van der Waals surface area contributed by atoms with Gasteiger partial charge in [0.05, 0.1) is 31.5 Å². The van der Waals surface area contributed by atoms with E-state index in [2.05, 4.69) is 10.3 Å². The van der Waals surface area contributed by atoms with Gasteiger partial charge < -0.3 is 24.5 Å². The van der Waals surface area contributed by atoms with Gasteiger partial charge in [-0.1, -0.05) is 12.1 Å². The number of amides is 1. The number of anilines is 3. The third kappa shape index (κ3) is 4.10. The molecule has 0 aliphatic carbocycles. The van der Waals surface area contributed by atoms with Gasteiger partial charge in [0, 0.05) is 41.6 Å². The van der Waals surface area contributed by atoms with Crippen molar-refractivity contribution in [2.24, 2.45) is 7.05 Å². The number of rotatable bonds is 4. The van der Waals surface area contributed by atoms with Crippen LogP contribution < -0.4 is 20.5 Å². The molecule has 2 aromatic carbocycles. The number of H-pyrrole nitrogens is 1. The Bertz CT molecular complexity index is 1860. The maximum atomic E-state index is 13.8. The molecule has 0 atom stereocenters. The van der Waals surface area contributed by atoms with Crippen LogP contribution in [0.1, 0.15) is 23.1 Å². The van der Waals surface area contributed by atoms with Gasteiger partial charge in [0.2, 0.25) is 5.91 Å². The second-order valence-corrected chi connectivity index (χ2v) is 10.3. The molecule has 8 nitrogen and oxygen atoms in total. The Morgan fingerprint density at radius 2 is 1.98 bits per heavy atom. The third-order valence-electron chi connectivity index (χ3n) is 7.60. The van der Waals surface area contributed by atoms with Crippen LogP contribution >= 0.6 is 0 Å². The van der Waals surface area contributed by atoms with Crippen LogP contribution in [0.5, 0.6) is 5.75 Å². The highest BCUT2D eigenvalue weighted by atomic mass is 19.1. The lowest BCUT2D eigenvalue weighted by atomic mass is 10.0. The maximum Gasteiger partial charge on any atom is 0.272 e. The number of benzene rings is 2. The summed E-state index contributed by atoms with van der Waals surface area (Å²) in [6, 6.07) is 14.0. The van der Waals surface area contributed by atoms with Crippen LogP contribution in [0, 0.1) is 5.82 Å². The number of ether oxygens (including phenoxy) is 1. The standard InChI is InChI=1S/C31H26FN5O3/c1-36-17-25-24-13-22(35-27(38)12-18-4-9-26-19(11-18)3-2-10-40-26)15-33-30(24)37(23-7-5-21(32)6-8-23)16-20-14-34-31(39)29(36)28(20)25/h4-9,11,13-15,17H,2-3,10,12,16H2,1H3,(H,34,39)(H,35,38). The molecule has 0 fully saturated rings. The van der Waals surface area contributed by atoms with E-state index in [0.717, 1.165) is 64.1 Å². The fraction of sp³-hybridized carbons (Fsp3) is 0.194. The molecule has 40 heavy (non-hydrogen) atoms. The number of fused-ring (bicyclic) bond motifs is 3. The molecule has 0 unspecified atom stereocenters. The summed E-state index contributed by atoms with van der Waals surface area (Å²) in [6.07, 6.45) is 7.41. The lowest BCUT2D eigenvalue weighted by Crippen LogP contribution is -2.20. The van der Waals surface area contributed by atoms with Gasteiger partial charge in [-0.2, -0.15) is 0 Å². The zero-order chi connectivity index (χ0) is 27.4. The molecule has 200 valence electrons. The first-order valence-corrected chi connectivity index (χ1v) is 13.2. The van der Waals surface area contributed by atoms with Crippen molar-refractivity contribution in [1.82, 2.24) is 14.5 Å². The van der Waals surface area contributed by atoms with Gasteiger partial charge in [-0.15, -0.1) is 0 Å². The van der Waals surface area contributed by atoms with Crippen molar-refractivity contribution >= 4 is 34.0 Å². The molecular weight excluding hydrogens is 509 g/mol. The van der Waals surface area contributed by atoms with Crippen LogP contribution in [0.2, 0.25) is 0 Å². The highest BCUT2D eigenvalue weighted by Crippen LogP contribution is 2.43. The first kappa shape index (κ1) is 24.1. The van der Waals surface area contributed by atoms with Crippen LogP contribution in [0.4, 0.5) is 21.6 Å². The van der Waals surface area contributed by atoms with E-state index in [4.69, 9.17) is 9.72 Å². The summed E-state index contributed by atoms with van der Waals surface area (Å²) in [5, 5.41) is 3.83. The third-order valence-corrected chi connectivity index (χ3v) is 7.60. The Labute approximate surface area is 229 Å². The number of pyridine rings is 2. The number of hydrogen-bond acceptors (Lipinski definition) is 5. The average Bonchev–Trinajstić information content (AvgIpc) is 3.25. The summed E-state index contributed by atoms with van der Waals surface area (Å²) < 4.78 is 21.3. The van der Waals surface area contributed by atoms with E-state index < -0.39 is 0 Å². The minimum absolute atomic E-state index is 0.155. The van der Waals surface area contributed by atoms with Crippen molar-refractivity contribution in [3.05, 3.63) is 100.0 Å². The summed E-state index contributed by atoms with van der Waals surface area (Å²) in [7, 11) is 1.84. The molecule has 0 saturated heterocycles. The molecule has 2 N–H and O–H groups in total. The fourth-order valence-corrected chi connectivity index (χ4v) is 5.78. The van der Waals surface area contributed by atoms with Gasteiger partial charge in [0.1, 0.15) is 22.9 Å². The monoisotopic (exact) mass is 535 g/mol. The minimum Gasteiger partial charge on any atom is -0.493 e.